The molecule has 1 aliphatic heterocycles. The van der Waals surface area contributed by atoms with E-state index in [4.69, 9.17) is 0 Å². The average molecular weight is 246 g/mol. The van der Waals surface area contributed by atoms with Crippen LogP contribution in [0.3, 0.4) is 0 Å². The number of hydrogen-bond donors (Lipinski definition) is 4. The molecule has 0 aliphatic carbocycles. The fraction of sp³-hybridized carbons (Fsp3) is 0.333. The molecule has 1 aliphatic rings. The van der Waals surface area contributed by atoms with E-state index in [1.54, 1.807) is 6.20 Å². The van der Waals surface area contributed by atoms with E-state index in [9.17, 15) is 9.90 Å². The average Bonchev–Trinajstić information content (AvgIpc) is 2.97. The number of fused-ring (bicyclic) bond motifs is 1. The molecule has 2 unspecified atom stereocenters. The van der Waals surface area contributed by atoms with Crippen LogP contribution >= 0.6 is 0 Å². The molecule has 0 spiro atoms. The summed E-state index contributed by atoms with van der Waals surface area (Å²) in [5.74, 6) is -0.125. The summed E-state index contributed by atoms with van der Waals surface area (Å²) >= 11 is 0. The van der Waals surface area contributed by atoms with Gasteiger partial charge in [-0.15, -0.1) is 0 Å². The van der Waals surface area contributed by atoms with Crippen molar-refractivity contribution in [1.29, 1.82) is 0 Å². The molecule has 1 aromatic carbocycles. The number of carbonyl (C=O) groups excluding carboxylic acids is 1. The van der Waals surface area contributed by atoms with Crippen LogP contribution in [0.4, 0.5) is 5.69 Å². The number of aromatic nitrogens is 2. The number of nitrogens with zero attached hydrogens (tertiary/aromatic N) is 1. The SMILES string of the molecule is O=C(Nc1cccc2[nH]ncc12)C1CC(O)CN1. The fourth-order valence-corrected chi connectivity index (χ4v) is 2.21. The van der Waals surface area contributed by atoms with E-state index >= 15 is 0 Å². The van der Waals surface area contributed by atoms with Crippen molar-refractivity contribution in [2.75, 3.05) is 11.9 Å². The Balaban J connectivity index is 1.80. The summed E-state index contributed by atoms with van der Waals surface area (Å²) in [4.78, 5) is 12.0. The molecule has 0 saturated carbocycles. The van der Waals surface area contributed by atoms with E-state index in [1.807, 2.05) is 18.2 Å². The zero-order valence-electron chi connectivity index (χ0n) is 9.68. The summed E-state index contributed by atoms with van der Waals surface area (Å²) in [6.07, 6.45) is 1.69. The third-order valence-corrected chi connectivity index (χ3v) is 3.17. The van der Waals surface area contributed by atoms with Gasteiger partial charge in [-0.3, -0.25) is 9.89 Å². The molecule has 1 aromatic heterocycles. The number of β-amino-alcohol motifs (C(OH)–C–C–N with tert-alkyl or cyclic N) is 1. The molecule has 1 amide bonds. The number of amides is 1. The Morgan fingerprint density at radius 2 is 2.39 bits per heavy atom. The third-order valence-electron chi connectivity index (χ3n) is 3.17. The molecule has 6 heteroatoms. The van der Waals surface area contributed by atoms with Crippen LogP contribution in [0, 0.1) is 0 Å². The van der Waals surface area contributed by atoms with E-state index in [0.717, 1.165) is 16.6 Å². The quantitative estimate of drug-likeness (QED) is 0.610. The molecule has 3 rings (SSSR count). The highest BCUT2D eigenvalue weighted by Gasteiger charge is 2.28. The Hall–Kier alpha value is -1.92. The van der Waals surface area contributed by atoms with Crippen LogP contribution < -0.4 is 10.6 Å². The second kappa shape index (κ2) is 4.40. The number of H-pyrrole nitrogens is 1. The number of rotatable bonds is 2. The van der Waals surface area contributed by atoms with Crippen molar-refractivity contribution >= 4 is 22.5 Å². The lowest BCUT2D eigenvalue weighted by Gasteiger charge is -2.11. The summed E-state index contributed by atoms with van der Waals surface area (Å²) < 4.78 is 0. The standard InChI is InChI=1S/C12H14N4O2/c17-7-4-11(13-5-7)12(18)15-9-2-1-3-10-8(9)6-14-16-10/h1-3,6-7,11,13,17H,4-5H2,(H,14,16)(H,15,18). The largest absolute Gasteiger partial charge is 0.392 e. The molecule has 2 aromatic rings. The monoisotopic (exact) mass is 246 g/mol. The Labute approximate surface area is 103 Å². The maximum Gasteiger partial charge on any atom is 0.241 e. The van der Waals surface area contributed by atoms with Gasteiger partial charge in [0.15, 0.2) is 0 Å². The van der Waals surface area contributed by atoms with E-state index in [1.165, 1.54) is 0 Å². The number of nitrogens with one attached hydrogen (secondary N) is 3. The van der Waals surface area contributed by atoms with Crippen molar-refractivity contribution in [3.05, 3.63) is 24.4 Å². The van der Waals surface area contributed by atoms with Crippen molar-refractivity contribution in [1.82, 2.24) is 15.5 Å². The molecule has 1 fully saturated rings. The number of aromatic amines is 1. The highest BCUT2D eigenvalue weighted by molar-refractivity contribution is 6.02. The summed E-state index contributed by atoms with van der Waals surface area (Å²) in [6, 6.07) is 5.26. The van der Waals surface area contributed by atoms with Crippen LogP contribution in [0.15, 0.2) is 24.4 Å². The van der Waals surface area contributed by atoms with Gasteiger partial charge in [0.2, 0.25) is 5.91 Å². The van der Waals surface area contributed by atoms with Crippen molar-refractivity contribution in [2.45, 2.75) is 18.6 Å². The molecule has 94 valence electrons. The predicted octanol–water partition coefficient (Wildman–Crippen LogP) is 0.224. The Kier molecular flexibility index (Phi) is 2.73. The first-order valence-electron chi connectivity index (χ1n) is 5.88. The van der Waals surface area contributed by atoms with Gasteiger partial charge < -0.3 is 15.7 Å². The molecular formula is C12H14N4O2. The fourth-order valence-electron chi connectivity index (χ4n) is 2.21. The second-order valence-electron chi connectivity index (χ2n) is 4.48. The first-order valence-corrected chi connectivity index (χ1v) is 5.88. The lowest BCUT2D eigenvalue weighted by Crippen LogP contribution is -2.35. The maximum atomic E-state index is 12.0. The highest BCUT2D eigenvalue weighted by Crippen LogP contribution is 2.21. The lowest BCUT2D eigenvalue weighted by molar-refractivity contribution is -0.117. The van der Waals surface area contributed by atoms with E-state index in [2.05, 4.69) is 20.8 Å². The number of benzene rings is 1. The first kappa shape index (κ1) is 11.2. The predicted molar refractivity (Wildman–Crippen MR) is 67.1 cm³/mol. The van der Waals surface area contributed by atoms with Crippen LogP contribution in [0.1, 0.15) is 6.42 Å². The van der Waals surface area contributed by atoms with Gasteiger partial charge in [-0.2, -0.15) is 5.10 Å². The Morgan fingerprint density at radius 3 is 3.17 bits per heavy atom. The molecule has 4 N–H and O–H groups in total. The topological polar surface area (TPSA) is 90.0 Å². The second-order valence-corrected chi connectivity index (χ2v) is 4.48. The third kappa shape index (κ3) is 1.96. The summed E-state index contributed by atoms with van der Waals surface area (Å²) in [7, 11) is 0. The zero-order chi connectivity index (χ0) is 12.5. The normalized spacial score (nSPS) is 23.4. The minimum absolute atomic E-state index is 0.125. The summed E-state index contributed by atoms with van der Waals surface area (Å²) in [5, 5.41) is 22.9. The molecular weight excluding hydrogens is 232 g/mol. The van der Waals surface area contributed by atoms with Gasteiger partial charge in [0.05, 0.1) is 29.5 Å². The van der Waals surface area contributed by atoms with Crippen LogP contribution in [0.5, 0.6) is 0 Å². The van der Waals surface area contributed by atoms with Crippen LogP contribution in [-0.2, 0) is 4.79 Å². The summed E-state index contributed by atoms with van der Waals surface area (Å²) in [5.41, 5.74) is 1.61. The van der Waals surface area contributed by atoms with Crippen molar-refractivity contribution in [2.24, 2.45) is 0 Å². The number of aliphatic hydroxyl groups is 1. The van der Waals surface area contributed by atoms with Crippen molar-refractivity contribution < 1.29 is 9.90 Å². The molecule has 0 bridgehead atoms. The smallest absolute Gasteiger partial charge is 0.241 e. The lowest BCUT2D eigenvalue weighted by atomic mass is 10.1. The van der Waals surface area contributed by atoms with Gasteiger partial charge in [-0.25, -0.2) is 0 Å². The molecule has 2 atom stereocenters. The number of carbonyl (C=O) groups is 1. The van der Waals surface area contributed by atoms with Crippen LogP contribution in [0.2, 0.25) is 0 Å². The van der Waals surface area contributed by atoms with Crippen molar-refractivity contribution in [3.63, 3.8) is 0 Å². The molecule has 0 radical (unpaired) electrons. The maximum absolute atomic E-state index is 12.0. The number of hydrogen-bond acceptors (Lipinski definition) is 4. The van der Waals surface area contributed by atoms with E-state index in [-0.39, 0.29) is 11.9 Å². The minimum atomic E-state index is -0.439. The number of anilines is 1. The van der Waals surface area contributed by atoms with Gasteiger partial charge in [-0.1, -0.05) is 6.07 Å². The molecule has 2 heterocycles. The van der Waals surface area contributed by atoms with Gasteiger partial charge in [0.25, 0.3) is 0 Å². The highest BCUT2D eigenvalue weighted by atomic mass is 16.3. The van der Waals surface area contributed by atoms with Gasteiger partial charge in [-0.05, 0) is 18.6 Å². The summed E-state index contributed by atoms with van der Waals surface area (Å²) in [6.45, 7) is 0.466. The van der Waals surface area contributed by atoms with E-state index < -0.39 is 6.10 Å². The Bertz CT molecular complexity index is 580. The van der Waals surface area contributed by atoms with Gasteiger partial charge in [0, 0.05) is 11.9 Å². The Morgan fingerprint density at radius 1 is 1.50 bits per heavy atom. The van der Waals surface area contributed by atoms with Gasteiger partial charge >= 0.3 is 0 Å². The van der Waals surface area contributed by atoms with Gasteiger partial charge in [0.1, 0.15) is 0 Å². The first-order chi connectivity index (χ1) is 8.74. The van der Waals surface area contributed by atoms with E-state index in [0.29, 0.717) is 13.0 Å². The van der Waals surface area contributed by atoms with Crippen LogP contribution in [0.25, 0.3) is 10.9 Å². The van der Waals surface area contributed by atoms with Crippen LogP contribution in [-0.4, -0.2) is 39.9 Å². The molecule has 18 heavy (non-hydrogen) atoms. The van der Waals surface area contributed by atoms with Crippen molar-refractivity contribution in [3.8, 4) is 0 Å². The molecule has 6 nitrogen and oxygen atoms in total. The number of aliphatic hydroxyl groups excluding tert-OH is 1. The molecule has 1 saturated heterocycles. The zero-order valence-corrected chi connectivity index (χ0v) is 9.68. The minimum Gasteiger partial charge on any atom is -0.392 e.